The first kappa shape index (κ1) is 9.78. The highest BCUT2D eigenvalue weighted by Gasteiger charge is 2.22. The van der Waals surface area contributed by atoms with Crippen LogP contribution in [0.15, 0.2) is 12.1 Å². The van der Waals surface area contributed by atoms with Crippen LogP contribution in [0.3, 0.4) is 0 Å². The zero-order valence-corrected chi connectivity index (χ0v) is 8.16. The topological polar surface area (TPSA) is 59.0 Å². The van der Waals surface area contributed by atoms with Crippen molar-refractivity contribution in [1.29, 1.82) is 5.26 Å². The summed E-state index contributed by atoms with van der Waals surface area (Å²) in [7, 11) is 0. The third-order valence-corrected chi connectivity index (χ3v) is 2.41. The summed E-state index contributed by atoms with van der Waals surface area (Å²) in [6.07, 6.45) is 2.34. The van der Waals surface area contributed by atoms with Gasteiger partial charge in [0.25, 0.3) is 0 Å². The number of nitrogens with zero attached hydrogens (tertiary/aromatic N) is 1. The number of nitrogens with two attached hydrogens (primary N) is 1. The Bertz CT molecular complexity index is 421. The minimum atomic E-state index is -0.597. The molecule has 2 N–H and O–H groups in total. The van der Waals surface area contributed by atoms with E-state index in [1.807, 2.05) is 6.07 Å². The minimum absolute atomic E-state index is 0.115. The van der Waals surface area contributed by atoms with E-state index in [-0.39, 0.29) is 11.3 Å². The van der Waals surface area contributed by atoms with Gasteiger partial charge in [0.15, 0.2) is 5.82 Å². The normalized spacial score (nSPS) is 14.7. The predicted octanol–water partition coefficient (Wildman–Crippen LogP) is 2.07. The zero-order chi connectivity index (χ0) is 10.8. The van der Waals surface area contributed by atoms with Crippen LogP contribution in [-0.4, -0.2) is 6.61 Å². The average molecular weight is 206 g/mol. The summed E-state index contributed by atoms with van der Waals surface area (Å²) in [6, 6.07) is 4.53. The van der Waals surface area contributed by atoms with Crippen molar-refractivity contribution in [3.05, 3.63) is 23.5 Å². The van der Waals surface area contributed by atoms with Gasteiger partial charge in [0.1, 0.15) is 11.8 Å². The molecule has 1 aromatic rings. The first-order valence-corrected chi connectivity index (χ1v) is 4.82. The lowest BCUT2D eigenvalue weighted by Crippen LogP contribution is -2.02. The molecule has 0 unspecified atom stereocenters. The molecule has 1 fully saturated rings. The van der Waals surface area contributed by atoms with Crippen LogP contribution in [0.25, 0.3) is 0 Å². The number of hydrogen-bond acceptors (Lipinski definition) is 3. The summed E-state index contributed by atoms with van der Waals surface area (Å²) in [5.74, 6) is 0.376. The van der Waals surface area contributed by atoms with E-state index in [0.29, 0.717) is 18.3 Å². The number of ether oxygens (including phenoxy) is 1. The molecule has 2 rings (SSSR count). The Morgan fingerprint density at radius 2 is 2.27 bits per heavy atom. The molecule has 0 amide bonds. The van der Waals surface area contributed by atoms with Gasteiger partial charge in [-0.15, -0.1) is 0 Å². The fourth-order valence-electron chi connectivity index (χ4n) is 1.27. The molecule has 3 nitrogen and oxygen atoms in total. The summed E-state index contributed by atoms with van der Waals surface area (Å²) >= 11 is 0. The molecule has 0 bridgehead atoms. The molecule has 0 saturated heterocycles. The average Bonchev–Trinajstić information content (AvgIpc) is 3.03. The molecule has 0 aromatic heterocycles. The molecule has 0 radical (unpaired) electrons. The summed E-state index contributed by atoms with van der Waals surface area (Å²) in [5, 5.41) is 8.70. The van der Waals surface area contributed by atoms with Gasteiger partial charge in [-0.05, 0) is 18.8 Å². The predicted molar refractivity (Wildman–Crippen MR) is 53.7 cm³/mol. The van der Waals surface area contributed by atoms with Crippen LogP contribution in [0.2, 0.25) is 0 Å². The lowest BCUT2D eigenvalue weighted by molar-refractivity contribution is 0.298. The van der Waals surface area contributed by atoms with Crippen molar-refractivity contribution in [2.75, 3.05) is 12.3 Å². The van der Waals surface area contributed by atoms with E-state index in [4.69, 9.17) is 15.7 Å². The maximum absolute atomic E-state index is 13.2. The van der Waals surface area contributed by atoms with Crippen molar-refractivity contribution < 1.29 is 9.13 Å². The van der Waals surface area contributed by atoms with Crippen LogP contribution >= 0.6 is 0 Å². The third-order valence-electron chi connectivity index (χ3n) is 2.41. The number of hydrogen-bond donors (Lipinski definition) is 1. The molecule has 0 aliphatic heterocycles. The van der Waals surface area contributed by atoms with Gasteiger partial charge in [-0.3, -0.25) is 0 Å². The van der Waals surface area contributed by atoms with Gasteiger partial charge >= 0.3 is 0 Å². The second-order valence-corrected chi connectivity index (χ2v) is 3.73. The van der Waals surface area contributed by atoms with Gasteiger partial charge in [0.05, 0.1) is 17.9 Å². The Kier molecular flexibility index (Phi) is 2.46. The van der Waals surface area contributed by atoms with Crippen LogP contribution in [-0.2, 0) is 0 Å². The van der Waals surface area contributed by atoms with E-state index in [1.165, 1.54) is 25.0 Å². The summed E-state index contributed by atoms with van der Waals surface area (Å²) in [6.45, 7) is 0.591. The van der Waals surface area contributed by atoms with Crippen LogP contribution in [0.1, 0.15) is 18.4 Å². The Hall–Kier alpha value is -1.76. The number of anilines is 1. The first-order valence-electron chi connectivity index (χ1n) is 4.82. The molecule has 0 heterocycles. The molecule has 15 heavy (non-hydrogen) atoms. The molecule has 78 valence electrons. The Morgan fingerprint density at radius 1 is 1.53 bits per heavy atom. The molecular weight excluding hydrogens is 195 g/mol. The molecule has 0 spiro atoms. The van der Waals surface area contributed by atoms with Gasteiger partial charge in [-0.25, -0.2) is 4.39 Å². The highest BCUT2D eigenvalue weighted by Crippen LogP contribution is 2.30. The van der Waals surface area contributed by atoms with E-state index in [0.717, 1.165) is 0 Å². The highest BCUT2D eigenvalue weighted by atomic mass is 19.1. The fraction of sp³-hybridized carbons (Fsp3) is 0.364. The van der Waals surface area contributed by atoms with E-state index in [2.05, 4.69) is 0 Å². The SMILES string of the molecule is N#Cc1cc(OCC2CC2)cc(F)c1N. The molecular formula is C11H11FN2O. The van der Waals surface area contributed by atoms with Gasteiger partial charge in [0, 0.05) is 12.1 Å². The minimum Gasteiger partial charge on any atom is -0.493 e. The summed E-state index contributed by atoms with van der Waals surface area (Å²) in [4.78, 5) is 0. The second kappa shape index (κ2) is 3.77. The van der Waals surface area contributed by atoms with E-state index < -0.39 is 5.82 Å². The van der Waals surface area contributed by atoms with Crippen LogP contribution < -0.4 is 10.5 Å². The lowest BCUT2D eigenvalue weighted by atomic mass is 10.2. The smallest absolute Gasteiger partial charge is 0.151 e. The summed E-state index contributed by atoms with van der Waals surface area (Å²) in [5.41, 5.74) is 5.39. The number of halogens is 1. The van der Waals surface area contributed by atoms with Crippen molar-refractivity contribution in [2.24, 2.45) is 5.92 Å². The Morgan fingerprint density at radius 3 is 2.87 bits per heavy atom. The van der Waals surface area contributed by atoms with Crippen LogP contribution in [0.4, 0.5) is 10.1 Å². The van der Waals surface area contributed by atoms with Crippen LogP contribution in [0.5, 0.6) is 5.75 Å². The molecule has 0 atom stereocenters. The number of rotatable bonds is 3. The molecule has 1 aliphatic rings. The highest BCUT2D eigenvalue weighted by molar-refractivity contribution is 5.57. The van der Waals surface area contributed by atoms with Crippen molar-refractivity contribution in [3.8, 4) is 11.8 Å². The molecule has 4 heteroatoms. The molecule has 1 aromatic carbocycles. The van der Waals surface area contributed by atoms with Crippen molar-refractivity contribution >= 4 is 5.69 Å². The maximum Gasteiger partial charge on any atom is 0.151 e. The van der Waals surface area contributed by atoms with Gasteiger partial charge < -0.3 is 10.5 Å². The first-order chi connectivity index (χ1) is 7.20. The van der Waals surface area contributed by atoms with Gasteiger partial charge in [0.2, 0.25) is 0 Å². The molecule has 1 saturated carbocycles. The van der Waals surface area contributed by atoms with Crippen molar-refractivity contribution in [2.45, 2.75) is 12.8 Å². The molecule has 1 aliphatic carbocycles. The van der Waals surface area contributed by atoms with Gasteiger partial charge in [-0.2, -0.15) is 5.26 Å². The fourth-order valence-corrected chi connectivity index (χ4v) is 1.27. The van der Waals surface area contributed by atoms with Crippen molar-refractivity contribution in [1.82, 2.24) is 0 Å². The number of nitriles is 1. The Labute approximate surface area is 87.3 Å². The van der Waals surface area contributed by atoms with E-state index in [9.17, 15) is 4.39 Å². The van der Waals surface area contributed by atoms with E-state index >= 15 is 0 Å². The van der Waals surface area contributed by atoms with E-state index in [1.54, 1.807) is 0 Å². The number of nitrogen functional groups attached to an aromatic ring is 1. The summed E-state index contributed by atoms with van der Waals surface area (Å²) < 4.78 is 18.6. The zero-order valence-electron chi connectivity index (χ0n) is 8.16. The Balaban J connectivity index is 2.16. The third kappa shape index (κ3) is 2.18. The lowest BCUT2D eigenvalue weighted by Gasteiger charge is -2.07. The largest absolute Gasteiger partial charge is 0.493 e. The maximum atomic E-state index is 13.2. The van der Waals surface area contributed by atoms with Gasteiger partial charge in [-0.1, -0.05) is 0 Å². The quantitative estimate of drug-likeness (QED) is 0.770. The number of benzene rings is 1. The standard InChI is InChI=1S/C11H11FN2O/c12-10-4-9(15-6-7-1-2-7)3-8(5-13)11(10)14/h3-4,7H,1-2,6,14H2. The van der Waals surface area contributed by atoms with Crippen LogP contribution in [0, 0.1) is 23.1 Å². The van der Waals surface area contributed by atoms with Crippen molar-refractivity contribution in [3.63, 3.8) is 0 Å². The second-order valence-electron chi connectivity index (χ2n) is 3.73. The monoisotopic (exact) mass is 206 g/mol.